The van der Waals surface area contributed by atoms with Crippen LogP contribution in [0.4, 0.5) is 0 Å². The maximum atomic E-state index is 13.2. The number of carbonyl (C=O) groups is 1. The van der Waals surface area contributed by atoms with E-state index < -0.39 is 86.8 Å². The quantitative estimate of drug-likeness (QED) is 0.0209. The van der Waals surface area contributed by atoms with Crippen LogP contribution in [-0.2, 0) is 23.7 Å². The Morgan fingerprint density at radius 3 is 1.42 bits per heavy atom. The highest BCUT2D eigenvalue weighted by Gasteiger charge is 2.51. The minimum Gasteiger partial charge on any atom is -0.394 e. The Bertz CT molecular complexity index is 1180. The molecule has 0 aromatic carbocycles. The van der Waals surface area contributed by atoms with Gasteiger partial charge < -0.3 is 65.1 Å². The summed E-state index contributed by atoms with van der Waals surface area (Å²) in [6, 6.07) is -0.825. The number of hydrogen-bond acceptors (Lipinski definition) is 13. The van der Waals surface area contributed by atoms with Gasteiger partial charge in [0.05, 0.1) is 32.0 Å². The SMILES string of the molecule is CCCCCCCCCC/C=C\CCCCCCCCCCCC(=O)NC(COC1OC(CO)C(OC2OC(CO)C(O)C(O)C2O)C(O)C1O)C(O)CCCCCCCCCCCCCC. The van der Waals surface area contributed by atoms with E-state index in [1.165, 1.54) is 148 Å². The fourth-order valence-corrected chi connectivity index (χ4v) is 9.23. The van der Waals surface area contributed by atoms with Gasteiger partial charge in [0.25, 0.3) is 0 Å². The highest BCUT2D eigenvalue weighted by atomic mass is 16.7. The molecule has 2 rings (SSSR count). The van der Waals surface area contributed by atoms with Crippen LogP contribution in [0.25, 0.3) is 0 Å². The molecule has 396 valence electrons. The van der Waals surface area contributed by atoms with E-state index in [9.17, 15) is 45.6 Å². The van der Waals surface area contributed by atoms with Gasteiger partial charge in [0.15, 0.2) is 12.6 Å². The number of amides is 1. The van der Waals surface area contributed by atoms with Gasteiger partial charge in [-0.25, -0.2) is 0 Å². The average Bonchev–Trinajstić information content (AvgIpc) is 3.32. The van der Waals surface area contributed by atoms with Crippen LogP contribution in [0.3, 0.4) is 0 Å². The lowest BCUT2D eigenvalue weighted by Gasteiger charge is -2.46. The van der Waals surface area contributed by atoms with Crippen LogP contribution in [0.15, 0.2) is 12.2 Å². The number of aliphatic hydroxyl groups is 8. The molecule has 0 spiro atoms. The maximum absolute atomic E-state index is 13.2. The summed E-state index contributed by atoms with van der Waals surface area (Å²) in [5, 5.41) is 87.0. The molecule has 2 heterocycles. The number of unbranched alkanes of at least 4 members (excludes halogenated alkanes) is 28. The smallest absolute Gasteiger partial charge is 0.220 e. The zero-order valence-electron chi connectivity index (χ0n) is 42.2. The fourth-order valence-electron chi connectivity index (χ4n) is 9.23. The third-order valence-electron chi connectivity index (χ3n) is 13.7. The van der Waals surface area contributed by atoms with Crippen molar-refractivity contribution in [2.45, 2.75) is 299 Å². The zero-order chi connectivity index (χ0) is 48.9. The monoisotopic (exact) mass is 960 g/mol. The third-order valence-corrected chi connectivity index (χ3v) is 13.7. The molecule has 2 fully saturated rings. The minimum absolute atomic E-state index is 0.208. The second-order valence-corrected chi connectivity index (χ2v) is 19.7. The van der Waals surface area contributed by atoms with Crippen molar-refractivity contribution in [3.05, 3.63) is 12.2 Å². The Kier molecular flexibility index (Phi) is 37.2. The molecule has 2 aliphatic rings. The van der Waals surface area contributed by atoms with Crippen molar-refractivity contribution >= 4 is 5.91 Å². The third kappa shape index (κ3) is 27.2. The number of hydrogen-bond donors (Lipinski definition) is 9. The molecule has 14 nitrogen and oxygen atoms in total. The van der Waals surface area contributed by atoms with E-state index in [1.807, 2.05) is 0 Å². The number of ether oxygens (including phenoxy) is 4. The summed E-state index contributed by atoms with van der Waals surface area (Å²) < 4.78 is 22.8. The van der Waals surface area contributed by atoms with Gasteiger partial charge >= 0.3 is 0 Å². The van der Waals surface area contributed by atoms with Crippen LogP contribution in [0.2, 0.25) is 0 Å². The van der Waals surface area contributed by atoms with Crippen LogP contribution in [0.1, 0.15) is 226 Å². The van der Waals surface area contributed by atoms with Crippen LogP contribution < -0.4 is 5.32 Å². The molecule has 12 unspecified atom stereocenters. The van der Waals surface area contributed by atoms with Crippen LogP contribution in [0, 0.1) is 0 Å². The molecule has 2 aliphatic heterocycles. The summed E-state index contributed by atoms with van der Waals surface area (Å²) in [4.78, 5) is 13.2. The first-order valence-corrected chi connectivity index (χ1v) is 27.4. The van der Waals surface area contributed by atoms with E-state index in [0.29, 0.717) is 12.8 Å². The number of carbonyl (C=O) groups excluding carboxylic acids is 1. The van der Waals surface area contributed by atoms with Crippen molar-refractivity contribution in [3.8, 4) is 0 Å². The molecule has 0 aliphatic carbocycles. The van der Waals surface area contributed by atoms with Crippen molar-refractivity contribution < 1.29 is 64.6 Å². The van der Waals surface area contributed by atoms with Crippen molar-refractivity contribution in [3.63, 3.8) is 0 Å². The molecule has 0 bridgehead atoms. The second kappa shape index (κ2) is 40.3. The number of rotatable bonds is 43. The summed E-state index contributed by atoms with van der Waals surface area (Å²) in [6.45, 7) is 2.85. The Morgan fingerprint density at radius 1 is 0.522 bits per heavy atom. The van der Waals surface area contributed by atoms with Gasteiger partial charge in [-0.05, 0) is 38.5 Å². The summed E-state index contributed by atoms with van der Waals surface area (Å²) in [6.07, 6.45) is 26.4. The first-order chi connectivity index (χ1) is 32.6. The molecule has 67 heavy (non-hydrogen) atoms. The summed E-state index contributed by atoms with van der Waals surface area (Å²) >= 11 is 0. The largest absolute Gasteiger partial charge is 0.394 e. The summed E-state index contributed by atoms with van der Waals surface area (Å²) in [5.74, 6) is -0.208. The van der Waals surface area contributed by atoms with Gasteiger partial charge in [-0.3, -0.25) is 4.79 Å². The maximum Gasteiger partial charge on any atom is 0.220 e. The van der Waals surface area contributed by atoms with Gasteiger partial charge in [-0.1, -0.05) is 193 Å². The molecular formula is C53H101NO13. The lowest BCUT2D eigenvalue weighted by molar-refractivity contribution is -0.359. The highest BCUT2D eigenvalue weighted by Crippen LogP contribution is 2.30. The fraction of sp³-hybridized carbons (Fsp3) is 0.943. The number of aliphatic hydroxyl groups excluding tert-OH is 8. The van der Waals surface area contributed by atoms with E-state index in [1.54, 1.807) is 0 Å². The topological polar surface area (TPSA) is 228 Å². The van der Waals surface area contributed by atoms with Crippen LogP contribution in [0.5, 0.6) is 0 Å². The molecule has 1 amide bonds. The van der Waals surface area contributed by atoms with E-state index >= 15 is 0 Å². The van der Waals surface area contributed by atoms with E-state index in [2.05, 4.69) is 31.3 Å². The lowest BCUT2D eigenvalue weighted by atomic mass is 9.97. The molecule has 0 radical (unpaired) electrons. The molecule has 0 saturated carbocycles. The predicted octanol–water partition coefficient (Wildman–Crippen LogP) is 7.94. The molecular weight excluding hydrogens is 859 g/mol. The standard InChI is InChI=1S/C53H101NO13/c1-3-5-7-9-11-13-15-17-18-19-20-21-22-23-24-25-27-29-31-33-35-37-45(58)54-41(42(57)36-34-32-30-28-26-16-14-12-10-8-6-4-2)40-64-52-50(63)48(61)51(44(39-56)66-52)67-53-49(62)47(60)46(59)43(38-55)65-53/h19-20,41-44,46-53,55-57,59-63H,3-18,21-40H2,1-2H3,(H,54,58)/b20-19-. The first-order valence-electron chi connectivity index (χ1n) is 27.4. The lowest BCUT2D eigenvalue weighted by Crippen LogP contribution is -2.65. The second-order valence-electron chi connectivity index (χ2n) is 19.7. The molecule has 0 aromatic rings. The molecule has 14 heteroatoms. The van der Waals surface area contributed by atoms with Crippen LogP contribution >= 0.6 is 0 Å². The van der Waals surface area contributed by atoms with Crippen molar-refractivity contribution in [2.24, 2.45) is 0 Å². The number of allylic oxidation sites excluding steroid dienone is 2. The normalized spacial score (nSPS) is 26.6. The average molecular weight is 960 g/mol. The Labute approximate surface area is 406 Å². The van der Waals surface area contributed by atoms with E-state index in [-0.39, 0.29) is 12.5 Å². The Balaban J connectivity index is 1.76. The zero-order valence-corrected chi connectivity index (χ0v) is 42.2. The van der Waals surface area contributed by atoms with Gasteiger partial charge in [-0.15, -0.1) is 0 Å². The Morgan fingerprint density at radius 2 is 0.940 bits per heavy atom. The van der Waals surface area contributed by atoms with Crippen LogP contribution in [-0.4, -0.2) is 140 Å². The number of nitrogens with one attached hydrogen (secondary N) is 1. The van der Waals surface area contributed by atoms with Gasteiger partial charge in [0.2, 0.25) is 5.91 Å². The molecule has 0 aromatic heterocycles. The summed E-state index contributed by atoms with van der Waals surface area (Å²) in [7, 11) is 0. The molecule has 9 N–H and O–H groups in total. The van der Waals surface area contributed by atoms with Gasteiger partial charge in [0.1, 0.15) is 48.8 Å². The van der Waals surface area contributed by atoms with Crippen molar-refractivity contribution in [1.29, 1.82) is 0 Å². The molecule has 2 saturated heterocycles. The predicted molar refractivity (Wildman–Crippen MR) is 263 cm³/mol. The molecule has 12 atom stereocenters. The highest BCUT2D eigenvalue weighted by molar-refractivity contribution is 5.76. The van der Waals surface area contributed by atoms with Crippen molar-refractivity contribution in [1.82, 2.24) is 5.32 Å². The first kappa shape index (κ1) is 61.8. The van der Waals surface area contributed by atoms with E-state index in [0.717, 1.165) is 51.4 Å². The minimum atomic E-state index is -1.78. The van der Waals surface area contributed by atoms with E-state index in [4.69, 9.17) is 18.9 Å². The van der Waals surface area contributed by atoms with Gasteiger partial charge in [0, 0.05) is 6.42 Å². The Hall–Kier alpha value is -1.27. The van der Waals surface area contributed by atoms with Gasteiger partial charge in [-0.2, -0.15) is 0 Å². The summed E-state index contributed by atoms with van der Waals surface area (Å²) in [5.41, 5.74) is 0. The van der Waals surface area contributed by atoms with Crippen molar-refractivity contribution in [2.75, 3.05) is 19.8 Å².